The standard InChI is InChI=1S/C18H22BrN3O2/c1-18(2,3)17(23)24-16-13(8-9-20-16)15-21-10-14(22-15)11-4-6-12(19)7-5-11/h4-7,10,13,16,20H,8-9H2,1-3H3,(H,21,22). The number of esters is 1. The minimum absolute atomic E-state index is 0.0421. The summed E-state index contributed by atoms with van der Waals surface area (Å²) in [4.78, 5) is 20.1. The summed E-state index contributed by atoms with van der Waals surface area (Å²) in [5, 5.41) is 3.26. The molecular formula is C18H22BrN3O2. The van der Waals surface area contributed by atoms with E-state index in [0.717, 1.165) is 34.5 Å². The molecular weight excluding hydrogens is 370 g/mol. The molecule has 2 unspecified atom stereocenters. The fraction of sp³-hybridized carbons (Fsp3) is 0.444. The first-order valence-corrected chi connectivity index (χ1v) is 8.89. The average Bonchev–Trinajstić information content (AvgIpc) is 3.15. The monoisotopic (exact) mass is 391 g/mol. The number of H-pyrrole nitrogens is 1. The van der Waals surface area contributed by atoms with Crippen LogP contribution in [0.4, 0.5) is 0 Å². The van der Waals surface area contributed by atoms with Crippen LogP contribution in [0.15, 0.2) is 34.9 Å². The molecule has 1 aliphatic heterocycles. The Bertz CT molecular complexity index is 719. The van der Waals surface area contributed by atoms with E-state index in [9.17, 15) is 4.79 Å². The van der Waals surface area contributed by atoms with Crippen molar-refractivity contribution in [1.82, 2.24) is 15.3 Å². The number of carbonyl (C=O) groups excluding carboxylic acids is 1. The van der Waals surface area contributed by atoms with E-state index in [4.69, 9.17) is 4.74 Å². The van der Waals surface area contributed by atoms with E-state index in [1.807, 2.05) is 51.2 Å². The first-order chi connectivity index (χ1) is 11.3. The molecule has 1 fully saturated rings. The number of hydrogen-bond acceptors (Lipinski definition) is 4. The molecule has 1 aliphatic rings. The van der Waals surface area contributed by atoms with E-state index in [-0.39, 0.29) is 18.1 Å². The van der Waals surface area contributed by atoms with Crippen molar-refractivity contribution in [3.63, 3.8) is 0 Å². The van der Waals surface area contributed by atoms with E-state index in [1.165, 1.54) is 0 Å². The minimum atomic E-state index is -0.513. The summed E-state index contributed by atoms with van der Waals surface area (Å²) in [6.45, 7) is 6.38. The van der Waals surface area contributed by atoms with Crippen molar-refractivity contribution < 1.29 is 9.53 Å². The zero-order chi connectivity index (χ0) is 17.3. The molecule has 3 rings (SSSR count). The highest BCUT2D eigenvalue weighted by atomic mass is 79.9. The van der Waals surface area contributed by atoms with Gasteiger partial charge in [-0.1, -0.05) is 28.1 Å². The van der Waals surface area contributed by atoms with Gasteiger partial charge in [-0.25, -0.2) is 4.98 Å². The fourth-order valence-corrected chi connectivity index (χ4v) is 2.94. The quantitative estimate of drug-likeness (QED) is 0.780. The van der Waals surface area contributed by atoms with Gasteiger partial charge >= 0.3 is 5.97 Å². The summed E-state index contributed by atoms with van der Waals surface area (Å²) in [5.74, 6) is 0.691. The summed E-state index contributed by atoms with van der Waals surface area (Å²) in [7, 11) is 0. The second-order valence-electron chi connectivity index (χ2n) is 7.11. The predicted octanol–water partition coefficient (Wildman–Crippen LogP) is 3.83. The van der Waals surface area contributed by atoms with Gasteiger partial charge in [0.25, 0.3) is 0 Å². The summed E-state index contributed by atoms with van der Waals surface area (Å²) < 4.78 is 6.70. The zero-order valence-corrected chi connectivity index (χ0v) is 15.7. The van der Waals surface area contributed by atoms with Crippen molar-refractivity contribution in [2.45, 2.75) is 39.3 Å². The molecule has 2 aromatic rings. The van der Waals surface area contributed by atoms with Gasteiger partial charge in [-0.05, 0) is 51.4 Å². The van der Waals surface area contributed by atoms with Crippen molar-refractivity contribution in [1.29, 1.82) is 0 Å². The number of benzene rings is 1. The number of halogens is 1. The van der Waals surface area contributed by atoms with Gasteiger partial charge in [0, 0.05) is 4.47 Å². The maximum absolute atomic E-state index is 12.2. The maximum atomic E-state index is 12.2. The van der Waals surface area contributed by atoms with Gasteiger partial charge < -0.3 is 9.72 Å². The van der Waals surface area contributed by atoms with Crippen LogP contribution in [-0.4, -0.2) is 28.7 Å². The molecule has 24 heavy (non-hydrogen) atoms. The molecule has 1 aromatic carbocycles. The third kappa shape index (κ3) is 3.70. The number of ether oxygens (including phenoxy) is 1. The summed E-state index contributed by atoms with van der Waals surface area (Å²) in [6.07, 6.45) is 2.38. The SMILES string of the molecule is CC(C)(C)C(=O)OC1NCCC1c1ncc(-c2ccc(Br)cc2)[nH]1. The van der Waals surface area contributed by atoms with E-state index in [0.29, 0.717) is 0 Å². The molecule has 0 amide bonds. The molecule has 1 saturated heterocycles. The summed E-state index contributed by atoms with van der Waals surface area (Å²) in [6, 6.07) is 8.07. The van der Waals surface area contributed by atoms with Crippen molar-refractivity contribution in [3.8, 4) is 11.3 Å². The molecule has 6 heteroatoms. The van der Waals surface area contributed by atoms with Crippen LogP contribution in [0.5, 0.6) is 0 Å². The highest BCUT2D eigenvalue weighted by Crippen LogP contribution is 2.30. The van der Waals surface area contributed by atoms with Gasteiger partial charge in [0.1, 0.15) is 5.82 Å². The fourth-order valence-electron chi connectivity index (χ4n) is 2.67. The highest BCUT2D eigenvalue weighted by Gasteiger charge is 2.36. The third-order valence-electron chi connectivity index (χ3n) is 4.11. The van der Waals surface area contributed by atoms with Crippen molar-refractivity contribution in [2.24, 2.45) is 5.41 Å². The normalized spacial score (nSPS) is 21.0. The summed E-state index contributed by atoms with van der Waals surface area (Å²) >= 11 is 3.44. The zero-order valence-electron chi connectivity index (χ0n) is 14.1. The Labute approximate surface area is 150 Å². The number of hydrogen-bond donors (Lipinski definition) is 2. The lowest BCUT2D eigenvalue weighted by atomic mass is 9.97. The van der Waals surface area contributed by atoms with Gasteiger partial charge in [-0.15, -0.1) is 0 Å². The number of nitrogens with zero attached hydrogens (tertiary/aromatic N) is 1. The Morgan fingerprint density at radius 3 is 2.67 bits per heavy atom. The van der Waals surface area contributed by atoms with Crippen LogP contribution in [0, 0.1) is 5.41 Å². The van der Waals surface area contributed by atoms with Crippen LogP contribution < -0.4 is 5.32 Å². The topological polar surface area (TPSA) is 67.0 Å². The Hall–Kier alpha value is -1.66. The second-order valence-corrected chi connectivity index (χ2v) is 8.03. The van der Waals surface area contributed by atoms with Gasteiger partial charge in [0.15, 0.2) is 6.23 Å². The van der Waals surface area contributed by atoms with Gasteiger partial charge in [0.2, 0.25) is 0 Å². The smallest absolute Gasteiger partial charge is 0.312 e. The lowest BCUT2D eigenvalue weighted by Crippen LogP contribution is -2.36. The maximum Gasteiger partial charge on any atom is 0.312 e. The predicted molar refractivity (Wildman–Crippen MR) is 96.4 cm³/mol. The first-order valence-electron chi connectivity index (χ1n) is 8.10. The lowest BCUT2D eigenvalue weighted by Gasteiger charge is -2.23. The molecule has 128 valence electrons. The molecule has 0 spiro atoms. The van der Waals surface area contributed by atoms with Gasteiger partial charge in [-0.3, -0.25) is 10.1 Å². The molecule has 2 N–H and O–H groups in total. The van der Waals surface area contributed by atoms with Gasteiger partial charge in [-0.2, -0.15) is 0 Å². The number of nitrogens with one attached hydrogen (secondary N) is 2. The molecule has 0 bridgehead atoms. The molecule has 2 heterocycles. The van der Waals surface area contributed by atoms with Crippen LogP contribution in [0.3, 0.4) is 0 Å². The van der Waals surface area contributed by atoms with Crippen LogP contribution in [0.2, 0.25) is 0 Å². The van der Waals surface area contributed by atoms with E-state index in [2.05, 4.69) is 31.2 Å². The second kappa shape index (κ2) is 6.69. The van der Waals surface area contributed by atoms with Crippen LogP contribution in [-0.2, 0) is 9.53 Å². The molecule has 0 radical (unpaired) electrons. The minimum Gasteiger partial charge on any atom is -0.445 e. The van der Waals surface area contributed by atoms with Crippen molar-refractivity contribution in [2.75, 3.05) is 6.54 Å². The Kier molecular flexibility index (Phi) is 4.78. The Balaban J connectivity index is 1.76. The number of aromatic nitrogens is 2. The highest BCUT2D eigenvalue weighted by molar-refractivity contribution is 9.10. The van der Waals surface area contributed by atoms with E-state index < -0.39 is 5.41 Å². The van der Waals surface area contributed by atoms with Crippen LogP contribution in [0.1, 0.15) is 38.9 Å². The Morgan fingerprint density at radius 1 is 1.29 bits per heavy atom. The van der Waals surface area contributed by atoms with Crippen LogP contribution >= 0.6 is 15.9 Å². The van der Waals surface area contributed by atoms with Crippen LogP contribution in [0.25, 0.3) is 11.3 Å². The molecule has 5 nitrogen and oxygen atoms in total. The number of carbonyl (C=O) groups is 1. The lowest BCUT2D eigenvalue weighted by molar-refractivity contribution is -0.160. The largest absolute Gasteiger partial charge is 0.445 e. The molecule has 2 atom stereocenters. The van der Waals surface area contributed by atoms with E-state index in [1.54, 1.807) is 0 Å². The van der Waals surface area contributed by atoms with Gasteiger partial charge in [0.05, 0.1) is 23.2 Å². The van der Waals surface area contributed by atoms with Crippen molar-refractivity contribution >= 4 is 21.9 Å². The third-order valence-corrected chi connectivity index (χ3v) is 4.64. The molecule has 1 aromatic heterocycles. The Morgan fingerprint density at radius 2 is 2.00 bits per heavy atom. The number of imidazole rings is 1. The molecule has 0 aliphatic carbocycles. The average molecular weight is 392 g/mol. The number of aromatic amines is 1. The van der Waals surface area contributed by atoms with Crippen molar-refractivity contribution in [3.05, 3.63) is 40.8 Å². The molecule has 0 saturated carbocycles. The van der Waals surface area contributed by atoms with E-state index >= 15 is 0 Å². The number of rotatable bonds is 3. The summed E-state index contributed by atoms with van der Waals surface area (Å²) in [5.41, 5.74) is 1.53. The first kappa shape index (κ1) is 17.2.